The van der Waals surface area contributed by atoms with Gasteiger partial charge in [-0.25, -0.2) is 4.98 Å². The van der Waals surface area contributed by atoms with Gasteiger partial charge in [0.2, 0.25) is 5.95 Å². The lowest BCUT2D eigenvalue weighted by atomic mass is 10.2. The molecule has 0 amide bonds. The van der Waals surface area contributed by atoms with Crippen LogP contribution in [0.4, 0.5) is 17.5 Å². The number of nitrogens with one attached hydrogen (secondary N) is 3. The summed E-state index contributed by atoms with van der Waals surface area (Å²) in [4.78, 5) is 16.1. The van der Waals surface area contributed by atoms with Crippen molar-refractivity contribution in [1.29, 1.82) is 0 Å². The van der Waals surface area contributed by atoms with Crippen LogP contribution in [0.25, 0.3) is 11.2 Å². The fraction of sp³-hybridized carbons (Fsp3) is 0.214. The molecule has 2 aromatic heterocycles. The summed E-state index contributed by atoms with van der Waals surface area (Å²) in [5.41, 5.74) is 3.36. The first-order valence-electron chi connectivity index (χ1n) is 6.65. The minimum absolute atomic E-state index is 0.541. The van der Waals surface area contributed by atoms with Gasteiger partial charge < -0.3 is 15.6 Å². The molecule has 0 radical (unpaired) electrons. The summed E-state index contributed by atoms with van der Waals surface area (Å²) in [6.45, 7) is 4.74. The molecule has 21 heavy (non-hydrogen) atoms. The molecule has 108 valence electrons. The first-order valence-corrected chi connectivity index (χ1v) is 7.03. The number of aromatic nitrogens is 4. The second kappa shape index (κ2) is 5.57. The first kappa shape index (κ1) is 13.6. The number of aromatic amines is 1. The van der Waals surface area contributed by atoms with E-state index in [0.717, 1.165) is 23.3 Å². The van der Waals surface area contributed by atoms with Crippen molar-refractivity contribution in [3.05, 3.63) is 35.1 Å². The lowest BCUT2D eigenvalue weighted by molar-refractivity contribution is 1.10. The molecular formula is C14H15ClN6. The van der Waals surface area contributed by atoms with Crippen LogP contribution in [0.15, 0.2) is 24.5 Å². The average Bonchev–Trinajstić information content (AvgIpc) is 2.92. The van der Waals surface area contributed by atoms with Gasteiger partial charge in [0.05, 0.1) is 6.33 Å². The van der Waals surface area contributed by atoms with Gasteiger partial charge in [0.25, 0.3) is 0 Å². The minimum Gasteiger partial charge on any atom is -0.354 e. The molecule has 0 saturated carbocycles. The van der Waals surface area contributed by atoms with E-state index in [4.69, 9.17) is 11.6 Å². The number of imidazole rings is 1. The average molecular weight is 303 g/mol. The molecule has 0 aliphatic carbocycles. The van der Waals surface area contributed by atoms with Crippen molar-refractivity contribution in [2.24, 2.45) is 0 Å². The number of hydrogen-bond donors (Lipinski definition) is 3. The van der Waals surface area contributed by atoms with Gasteiger partial charge in [-0.05, 0) is 31.5 Å². The van der Waals surface area contributed by atoms with Crippen LogP contribution in [0.2, 0.25) is 5.02 Å². The molecule has 6 nitrogen and oxygen atoms in total. The van der Waals surface area contributed by atoms with Crippen molar-refractivity contribution < 1.29 is 0 Å². The Morgan fingerprint density at radius 1 is 1.29 bits per heavy atom. The van der Waals surface area contributed by atoms with Crippen LogP contribution in [0.3, 0.4) is 0 Å². The molecule has 0 atom stereocenters. The Balaban J connectivity index is 2.06. The van der Waals surface area contributed by atoms with Gasteiger partial charge in [0, 0.05) is 17.3 Å². The Morgan fingerprint density at radius 3 is 2.95 bits per heavy atom. The Kier molecular flexibility index (Phi) is 3.62. The van der Waals surface area contributed by atoms with Crippen LogP contribution in [0, 0.1) is 6.92 Å². The van der Waals surface area contributed by atoms with Crippen LogP contribution in [0.1, 0.15) is 12.5 Å². The number of hydrogen-bond acceptors (Lipinski definition) is 5. The van der Waals surface area contributed by atoms with Gasteiger partial charge >= 0.3 is 0 Å². The highest BCUT2D eigenvalue weighted by Crippen LogP contribution is 2.26. The molecule has 0 aliphatic rings. The summed E-state index contributed by atoms with van der Waals surface area (Å²) >= 11 is 6.06. The topological polar surface area (TPSA) is 78.5 Å². The normalized spacial score (nSPS) is 10.8. The molecule has 0 bridgehead atoms. The molecule has 3 N–H and O–H groups in total. The molecule has 0 saturated heterocycles. The largest absolute Gasteiger partial charge is 0.354 e. The molecule has 0 aliphatic heterocycles. The zero-order chi connectivity index (χ0) is 14.8. The maximum Gasteiger partial charge on any atom is 0.226 e. The predicted molar refractivity (Wildman–Crippen MR) is 85.3 cm³/mol. The third kappa shape index (κ3) is 2.75. The van der Waals surface area contributed by atoms with Gasteiger partial charge in [0.1, 0.15) is 5.52 Å². The van der Waals surface area contributed by atoms with Gasteiger partial charge in [-0.3, -0.25) is 0 Å². The molecule has 0 spiro atoms. The van der Waals surface area contributed by atoms with E-state index in [2.05, 4.69) is 30.6 Å². The highest BCUT2D eigenvalue weighted by Gasteiger charge is 2.11. The van der Waals surface area contributed by atoms with Crippen LogP contribution >= 0.6 is 11.6 Å². The smallest absolute Gasteiger partial charge is 0.226 e. The van der Waals surface area contributed by atoms with Gasteiger partial charge in [0.15, 0.2) is 11.5 Å². The summed E-state index contributed by atoms with van der Waals surface area (Å²) in [6, 6.07) is 5.69. The fourth-order valence-corrected chi connectivity index (χ4v) is 2.19. The highest BCUT2D eigenvalue weighted by molar-refractivity contribution is 6.30. The van der Waals surface area contributed by atoms with Crippen LogP contribution in [-0.4, -0.2) is 26.5 Å². The Labute approximate surface area is 127 Å². The molecule has 0 unspecified atom stereocenters. The SMILES string of the molecule is CCNc1nc(Nc2cc(Cl)ccc2C)c2[nH]cnc2n1. The lowest BCUT2D eigenvalue weighted by Gasteiger charge is -2.11. The number of aryl methyl sites for hydroxylation is 1. The second-order valence-corrected chi connectivity index (χ2v) is 5.05. The molecule has 1 aromatic carbocycles. The van der Waals surface area contributed by atoms with Crippen molar-refractivity contribution in [2.45, 2.75) is 13.8 Å². The van der Waals surface area contributed by atoms with Crippen molar-refractivity contribution in [1.82, 2.24) is 19.9 Å². The summed E-state index contributed by atoms with van der Waals surface area (Å²) in [5.74, 6) is 1.21. The van der Waals surface area contributed by atoms with Crippen molar-refractivity contribution in [3.8, 4) is 0 Å². The monoisotopic (exact) mass is 302 g/mol. The number of H-pyrrole nitrogens is 1. The Morgan fingerprint density at radius 2 is 2.14 bits per heavy atom. The lowest BCUT2D eigenvalue weighted by Crippen LogP contribution is -2.05. The van der Waals surface area contributed by atoms with E-state index in [1.165, 1.54) is 0 Å². The van der Waals surface area contributed by atoms with E-state index >= 15 is 0 Å². The standard InChI is InChI=1S/C14H15ClN6/c1-3-16-14-20-12-11(17-7-18-12)13(21-14)19-10-6-9(15)5-4-8(10)2/h4-7H,3H2,1-2H3,(H3,16,17,18,19,20,21). The summed E-state index contributed by atoms with van der Waals surface area (Å²) < 4.78 is 0. The molecule has 2 heterocycles. The van der Waals surface area contributed by atoms with Crippen molar-refractivity contribution in [3.63, 3.8) is 0 Å². The zero-order valence-corrected chi connectivity index (χ0v) is 12.5. The molecular weight excluding hydrogens is 288 g/mol. The van der Waals surface area contributed by atoms with Crippen molar-refractivity contribution in [2.75, 3.05) is 17.2 Å². The zero-order valence-electron chi connectivity index (χ0n) is 11.7. The maximum absolute atomic E-state index is 6.06. The molecule has 3 rings (SSSR count). The molecule has 3 aromatic rings. The summed E-state index contributed by atoms with van der Waals surface area (Å²) in [7, 11) is 0. The third-order valence-corrected chi connectivity index (χ3v) is 3.31. The highest BCUT2D eigenvalue weighted by atomic mass is 35.5. The van der Waals surface area contributed by atoms with E-state index < -0.39 is 0 Å². The van der Waals surface area contributed by atoms with E-state index in [1.807, 2.05) is 32.0 Å². The summed E-state index contributed by atoms with van der Waals surface area (Å²) in [6.07, 6.45) is 1.60. The van der Waals surface area contributed by atoms with E-state index in [-0.39, 0.29) is 0 Å². The number of anilines is 3. The quantitative estimate of drug-likeness (QED) is 0.687. The van der Waals surface area contributed by atoms with Gasteiger partial charge in [-0.2, -0.15) is 9.97 Å². The fourth-order valence-electron chi connectivity index (χ4n) is 2.02. The third-order valence-electron chi connectivity index (χ3n) is 3.07. The van der Waals surface area contributed by atoms with E-state index in [1.54, 1.807) is 6.33 Å². The number of fused-ring (bicyclic) bond motifs is 1. The predicted octanol–water partition coefficient (Wildman–Crippen LogP) is 3.49. The van der Waals surface area contributed by atoms with Crippen LogP contribution < -0.4 is 10.6 Å². The summed E-state index contributed by atoms with van der Waals surface area (Å²) in [5, 5.41) is 7.06. The van der Waals surface area contributed by atoms with Crippen LogP contribution in [-0.2, 0) is 0 Å². The maximum atomic E-state index is 6.06. The molecule has 7 heteroatoms. The Hall–Kier alpha value is -2.34. The van der Waals surface area contributed by atoms with Gasteiger partial charge in [-0.1, -0.05) is 17.7 Å². The van der Waals surface area contributed by atoms with E-state index in [9.17, 15) is 0 Å². The number of halogens is 1. The number of nitrogens with zero attached hydrogens (tertiary/aromatic N) is 3. The number of rotatable bonds is 4. The second-order valence-electron chi connectivity index (χ2n) is 4.61. The number of benzene rings is 1. The Bertz CT molecular complexity index is 782. The minimum atomic E-state index is 0.541. The first-order chi connectivity index (χ1) is 10.2. The van der Waals surface area contributed by atoms with Gasteiger partial charge in [-0.15, -0.1) is 0 Å². The van der Waals surface area contributed by atoms with E-state index in [0.29, 0.717) is 22.4 Å². The van der Waals surface area contributed by atoms with Crippen LogP contribution in [0.5, 0.6) is 0 Å². The molecule has 0 fully saturated rings. The van der Waals surface area contributed by atoms with Crippen molar-refractivity contribution >= 4 is 40.2 Å².